The van der Waals surface area contributed by atoms with Crippen LogP contribution in [0.5, 0.6) is 5.75 Å². The van der Waals surface area contributed by atoms with Gasteiger partial charge in [0.05, 0.1) is 0 Å². The third kappa shape index (κ3) is 1.65. The van der Waals surface area contributed by atoms with Crippen LogP contribution in [0, 0.1) is 13.8 Å². The SMILES string of the molecule is Cc1cc2c(c(C)c1O)CNC(C(=O)O)C2. The van der Waals surface area contributed by atoms with Gasteiger partial charge in [0, 0.05) is 6.54 Å². The van der Waals surface area contributed by atoms with Crippen LogP contribution in [0.1, 0.15) is 22.3 Å². The summed E-state index contributed by atoms with van der Waals surface area (Å²) in [6, 6.07) is 1.37. The van der Waals surface area contributed by atoms with Crippen molar-refractivity contribution in [2.45, 2.75) is 32.9 Å². The second-order valence-corrected chi connectivity index (χ2v) is 4.28. The average molecular weight is 221 g/mol. The quantitative estimate of drug-likeness (QED) is 0.664. The molecule has 1 aliphatic rings. The molecule has 0 spiro atoms. The largest absolute Gasteiger partial charge is 0.507 e. The summed E-state index contributed by atoms with van der Waals surface area (Å²) in [6.45, 7) is 4.20. The highest BCUT2D eigenvalue weighted by Gasteiger charge is 2.25. The number of aliphatic carboxylic acids is 1. The maximum atomic E-state index is 10.9. The van der Waals surface area contributed by atoms with Gasteiger partial charge in [0.1, 0.15) is 11.8 Å². The van der Waals surface area contributed by atoms with Gasteiger partial charge in [-0.25, -0.2) is 0 Å². The van der Waals surface area contributed by atoms with Crippen molar-refractivity contribution in [3.63, 3.8) is 0 Å². The number of aryl methyl sites for hydroxylation is 1. The topological polar surface area (TPSA) is 69.6 Å². The molecule has 0 radical (unpaired) electrons. The normalized spacial score (nSPS) is 19.2. The van der Waals surface area contributed by atoms with E-state index in [1.54, 1.807) is 0 Å². The fourth-order valence-electron chi connectivity index (χ4n) is 2.22. The number of carbonyl (C=O) groups is 1. The van der Waals surface area contributed by atoms with Crippen molar-refractivity contribution in [1.82, 2.24) is 5.32 Å². The van der Waals surface area contributed by atoms with Crippen molar-refractivity contribution >= 4 is 5.97 Å². The van der Waals surface area contributed by atoms with Gasteiger partial charge in [0.15, 0.2) is 0 Å². The first-order valence-electron chi connectivity index (χ1n) is 5.27. The van der Waals surface area contributed by atoms with Crippen LogP contribution in [0.25, 0.3) is 0 Å². The summed E-state index contributed by atoms with van der Waals surface area (Å²) < 4.78 is 0. The Bertz CT molecular complexity index is 454. The molecular weight excluding hydrogens is 206 g/mol. The van der Waals surface area contributed by atoms with Crippen LogP contribution < -0.4 is 5.32 Å². The molecular formula is C12H15NO3. The molecule has 0 saturated carbocycles. The van der Waals surface area contributed by atoms with Gasteiger partial charge in [0.25, 0.3) is 0 Å². The van der Waals surface area contributed by atoms with Gasteiger partial charge in [-0.2, -0.15) is 0 Å². The van der Waals surface area contributed by atoms with E-state index in [4.69, 9.17) is 5.11 Å². The minimum atomic E-state index is -0.825. The molecule has 1 aromatic carbocycles. The van der Waals surface area contributed by atoms with Crippen molar-refractivity contribution in [3.05, 3.63) is 28.3 Å². The van der Waals surface area contributed by atoms with Crippen LogP contribution in [0.3, 0.4) is 0 Å². The van der Waals surface area contributed by atoms with Gasteiger partial charge >= 0.3 is 5.97 Å². The molecule has 0 aromatic heterocycles. The van der Waals surface area contributed by atoms with E-state index in [0.717, 1.165) is 22.3 Å². The summed E-state index contributed by atoms with van der Waals surface area (Å²) in [5.74, 6) is -0.511. The number of rotatable bonds is 1. The highest BCUT2D eigenvalue weighted by atomic mass is 16.4. The van der Waals surface area contributed by atoms with Gasteiger partial charge in [0.2, 0.25) is 0 Å². The van der Waals surface area contributed by atoms with Gasteiger partial charge in [-0.3, -0.25) is 10.1 Å². The third-order valence-corrected chi connectivity index (χ3v) is 3.21. The molecule has 4 nitrogen and oxygen atoms in total. The Morgan fingerprint density at radius 3 is 2.81 bits per heavy atom. The standard InChI is InChI=1S/C12H15NO3/c1-6-3-8-4-10(12(15)16)13-5-9(8)7(2)11(6)14/h3,10,13-14H,4-5H2,1-2H3,(H,15,16). The van der Waals surface area contributed by atoms with Gasteiger partial charge in [-0.1, -0.05) is 6.07 Å². The number of aromatic hydroxyl groups is 1. The Labute approximate surface area is 93.9 Å². The van der Waals surface area contributed by atoms with Crippen LogP contribution in [-0.4, -0.2) is 22.2 Å². The van der Waals surface area contributed by atoms with E-state index in [9.17, 15) is 9.90 Å². The van der Waals surface area contributed by atoms with E-state index < -0.39 is 12.0 Å². The van der Waals surface area contributed by atoms with E-state index in [1.807, 2.05) is 19.9 Å². The first-order chi connectivity index (χ1) is 7.50. The maximum absolute atomic E-state index is 10.9. The van der Waals surface area contributed by atoms with Crippen molar-refractivity contribution in [2.24, 2.45) is 0 Å². The van der Waals surface area contributed by atoms with Crippen molar-refractivity contribution in [1.29, 1.82) is 0 Å². The summed E-state index contributed by atoms with van der Waals surface area (Å²) in [4.78, 5) is 10.9. The number of phenolic OH excluding ortho intramolecular Hbond substituents is 1. The predicted octanol–water partition coefficient (Wildman–Crippen LogP) is 1.11. The maximum Gasteiger partial charge on any atom is 0.321 e. The molecule has 0 aliphatic carbocycles. The minimum absolute atomic E-state index is 0.314. The van der Waals surface area contributed by atoms with Gasteiger partial charge < -0.3 is 10.2 Å². The average Bonchev–Trinajstić information content (AvgIpc) is 2.25. The molecule has 1 aliphatic heterocycles. The molecule has 16 heavy (non-hydrogen) atoms. The van der Waals surface area contributed by atoms with E-state index in [2.05, 4.69) is 5.32 Å². The number of carboxylic acid groups (broad SMARTS) is 1. The molecule has 4 heteroatoms. The molecule has 86 valence electrons. The highest BCUT2D eigenvalue weighted by Crippen LogP contribution is 2.30. The summed E-state index contributed by atoms with van der Waals surface area (Å²) in [6.07, 6.45) is 0.479. The zero-order valence-electron chi connectivity index (χ0n) is 9.37. The van der Waals surface area contributed by atoms with Crippen molar-refractivity contribution in [3.8, 4) is 5.75 Å². The van der Waals surface area contributed by atoms with Crippen LogP contribution >= 0.6 is 0 Å². The monoisotopic (exact) mass is 221 g/mol. The Morgan fingerprint density at radius 2 is 2.19 bits per heavy atom. The fourth-order valence-corrected chi connectivity index (χ4v) is 2.22. The number of fused-ring (bicyclic) bond motifs is 1. The lowest BCUT2D eigenvalue weighted by molar-refractivity contribution is -0.139. The van der Waals surface area contributed by atoms with Gasteiger partial charge in [-0.15, -0.1) is 0 Å². The van der Waals surface area contributed by atoms with E-state index in [1.165, 1.54) is 0 Å². The molecule has 1 unspecified atom stereocenters. The van der Waals surface area contributed by atoms with Crippen molar-refractivity contribution in [2.75, 3.05) is 0 Å². The van der Waals surface area contributed by atoms with Gasteiger partial charge in [-0.05, 0) is 42.5 Å². The zero-order valence-corrected chi connectivity index (χ0v) is 9.37. The first-order valence-corrected chi connectivity index (χ1v) is 5.27. The van der Waals surface area contributed by atoms with Crippen LogP contribution in [0.15, 0.2) is 6.07 Å². The van der Waals surface area contributed by atoms with Crippen LogP contribution in [-0.2, 0) is 17.8 Å². The van der Waals surface area contributed by atoms with E-state index >= 15 is 0 Å². The molecule has 1 aromatic rings. The molecule has 0 saturated heterocycles. The molecule has 0 amide bonds. The minimum Gasteiger partial charge on any atom is -0.507 e. The second-order valence-electron chi connectivity index (χ2n) is 4.28. The Morgan fingerprint density at radius 1 is 1.50 bits per heavy atom. The number of benzene rings is 1. The summed E-state index contributed by atoms with van der Waals surface area (Å²) >= 11 is 0. The molecule has 0 fully saturated rings. The lowest BCUT2D eigenvalue weighted by atomic mass is 9.90. The van der Waals surface area contributed by atoms with Crippen LogP contribution in [0.2, 0.25) is 0 Å². The summed E-state index contributed by atoms with van der Waals surface area (Å²) in [5, 5.41) is 21.7. The van der Waals surface area contributed by atoms with E-state index in [0.29, 0.717) is 18.7 Å². The fraction of sp³-hybridized carbons (Fsp3) is 0.417. The number of hydrogen-bond acceptors (Lipinski definition) is 3. The van der Waals surface area contributed by atoms with E-state index in [-0.39, 0.29) is 0 Å². The number of hydrogen-bond donors (Lipinski definition) is 3. The van der Waals surface area contributed by atoms with Crippen molar-refractivity contribution < 1.29 is 15.0 Å². The second kappa shape index (κ2) is 3.79. The third-order valence-electron chi connectivity index (χ3n) is 3.21. The predicted molar refractivity (Wildman–Crippen MR) is 59.5 cm³/mol. The molecule has 3 N–H and O–H groups in total. The lowest BCUT2D eigenvalue weighted by Gasteiger charge is -2.25. The molecule has 1 atom stereocenters. The Kier molecular flexibility index (Phi) is 2.59. The summed E-state index contributed by atoms with van der Waals surface area (Å²) in [7, 11) is 0. The smallest absolute Gasteiger partial charge is 0.321 e. The highest BCUT2D eigenvalue weighted by molar-refractivity contribution is 5.74. The number of phenols is 1. The Balaban J connectivity index is 2.44. The molecule has 0 bridgehead atoms. The van der Waals surface area contributed by atoms with Crippen LogP contribution in [0.4, 0.5) is 0 Å². The molecule has 2 rings (SSSR count). The lowest BCUT2D eigenvalue weighted by Crippen LogP contribution is -2.41. The number of carboxylic acids is 1. The molecule has 1 heterocycles. The summed E-state index contributed by atoms with van der Waals surface area (Å²) in [5.41, 5.74) is 3.72. The Hall–Kier alpha value is -1.55. The zero-order chi connectivity index (χ0) is 11.9. The first kappa shape index (κ1) is 11.0. The number of nitrogens with one attached hydrogen (secondary N) is 1.